The maximum Gasteiger partial charge on any atom is 0.322 e. The van der Waals surface area contributed by atoms with Gasteiger partial charge in [-0.25, -0.2) is 4.79 Å². The fourth-order valence-electron chi connectivity index (χ4n) is 5.34. The summed E-state index contributed by atoms with van der Waals surface area (Å²) in [5.41, 5.74) is 8.35. The SMILES string of the molecule is CC1c2cc3c(cc2C2(CCCC2)CN1C(=O)Nc1ccc(Cl)c(C(N)=O)c1)OCCO3. The van der Waals surface area contributed by atoms with Gasteiger partial charge in [0.2, 0.25) is 5.91 Å². The van der Waals surface area contributed by atoms with Gasteiger partial charge < -0.3 is 25.4 Å². The molecule has 0 saturated heterocycles. The van der Waals surface area contributed by atoms with E-state index in [1.54, 1.807) is 12.1 Å². The summed E-state index contributed by atoms with van der Waals surface area (Å²) in [6.45, 7) is 3.74. The van der Waals surface area contributed by atoms with Crippen LogP contribution in [0.2, 0.25) is 5.02 Å². The monoisotopic (exact) mass is 455 g/mol. The zero-order valence-corrected chi connectivity index (χ0v) is 18.7. The smallest absolute Gasteiger partial charge is 0.322 e. The third-order valence-electron chi connectivity index (χ3n) is 6.98. The van der Waals surface area contributed by atoms with Crippen molar-refractivity contribution >= 4 is 29.2 Å². The molecule has 1 aliphatic carbocycles. The molecule has 0 bridgehead atoms. The van der Waals surface area contributed by atoms with E-state index in [1.165, 1.54) is 11.6 Å². The summed E-state index contributed by atoms with van der Waals surface area (Å²) in [7, 11) is 0. The maximum absolute atomic E-state index is 13.4. The van der Waals surface area contributed by atoms with E-state index in [1.807, 2.05) is 17.9 Å². The number of benzene rings is 2. The summed E-state index contributed by atoms with van der Waals surface area (Å²) in [6, 6.07) is 8.56. The fourth-order valence-corrected chi connectivity index (χ4v) is 5.55. The Morgan fingerprint density at radius 3 is 2.50 bits per heavy atom. The molecule has 0 radical (unpaired) electrons. The summed E-state index contributed by atoms with van der Waals surface area (Å²) in [5, 5.41) is 3.19. The zero-order valence-electron chi connectivity index (χ0n) is 17.9. The minimum absolute atomic E-state index is 0.0899. The van der Waals surface area contributed by atoms with Crippen LogP contribution in [0, 0.1) is 0 Å². The molecule has 1 fully saturated rings. The van der Waals surface area contributed by atoms with Gasteiger partial charge in [-0.05, 0) is 61.2 Å². The molecule has 1 saturated carbocycles. The Kier molecular flexibility index (Phi) is 5.16. The molecule has 32 heavy (non-hydrogen) atoms. The van der Waals surface area contributed by atoms with E-state index >= 15 is 0 Å². The van der Waals surface area contributed by atoms with Crippen molar-refractivity contribution in [1.82, 2.24) is 4.90 Å². The van der Waals surface area contributed by atoms with Gasteiger partial charge in [-0.15, -0.1) is 0 Å². The number of rotatable bonds is 2. The van der Waals surface area contributed by atoms with Crippen LogP contribution >= 0.6 is 11.6 Å². The number of ether oxygens (including phenoxy) is 2. The lowest BCUT2D eigenvalue weighted by Gasteiger charge is -2.46. The summed E-state index contributed by atoms with van der Waals surface area (Å²) >= 11 is 6.05. The number of halogens is 1. The van der Waals surface area contributed by atoms with E-state index in [0.29, 0.717) is 25.4 Å². The van der Waals surface area contributed by atoms with E-state index in [9.17, 15) is 9.59 Å². The van der Waals surface area contributed by atoms with E-state index in [-0.39, 0.29) is 28.1 Å². The quantitative estimate of drug-likeness (QED) is 0.690. The van der Waals surface area contributed by atoms with E-state index in [2.05, 4.69) is 11.4 Å². The first-order valence-corrected chi connectivity index (χ1v) is 11.4. The number of anilines is 1. The van der Waals surface area contributed by atoms with Gasteiger partial charge in [0.15, 0.2) is 11.5 Å². The Morgan fingerprint density at radius 2 is 1.81 bits per heavy atom. The van der Waals surface area contributed by atoms with Crippen LogP contribution in [0.3, 0.4) is 0 Å². The Morgan fingerprint density at radius 1 is 1.12 bits per heavy atom. The summed E-state index contributed by atoms with van der Waals surface area (Å²) in [6.07, 6.45) is 4.33. The second-order valence-electron chi connectivity index (χ2n) is 8.86. The van der Waals surface area contributed by atoms with Crippen molar-refractivity contribution in [2.75, 3.05) is 25.1 Å². The Hall–Kier alpha value is -2.93. The minimum atomic E-state index is -0.636. The molecule has 2 aliphatic heterocycles. The Bertz CT molecular complexity index is 1100. The average Bonchev–Trinajstić information content (AvgIpc) is 3.26. The van der Waals surface area contributed by atoms with Crippen molar-refractivity contribution in [3.05, 3.63) is 52.0 Å². The molecule has 3 N–H and O–H groups in total. The van der Waals surface area contributed by atoms with Gasteiger partial charge in [-0.3, -0.25) is 4.79 Å². The van der Waals surface area contributed by atoms with Gasteiger partial charge in [0, 0.05) is 17.6 Å². The second kappa shape index (κ2) is 7.89. The number of carbonyl (C=O) groups is 2. The number of amides is 3. The number of primary amides is 1. The van der Waals surface area contributed by atoms with Gasteiger partial charge in [-0.1, -0.05) is 24.4 Å². The van der Waals surface area contributed by atoms with Crippen LogP contribution in [0.1, 0.15) is 60.1 Å². The molecule has 1 spiro atoms. The Labute approximate surface area is 191 Å². The maximum atomic E-state index is 13.4. The van der Waals surface area contributed by atoms with Gasteiger partial charge in [0.05, 0.1) is 16.6 Å². The molecule has 2 heterocycles. The zero-order chi connectivity index (χ0) is 22.5. The number of nitrogens with zero attached hydrogens (tertiary/aromatic N) is 1. The van der Waals surface area contributed by atoms with Crippen molar-refractivity contribution in [1.29, 1.82) is 0 Å². The molecule has 0 aromatic heterocycles. The van der Waals surface area contributed by atoms with Crippen molar-refractivity contribution < 1.29 is 19.1 Å². The predicted octanol–water partition coefficient (Wildman–Crippen LogP) is 4.63. The highest BCUT2D eigenvalue weighted by Gasteiger charge is 2.46. The van der Waals surface area contributed by atoms with Crippen molar-refractivity contribution in [3.8, 4) is 11.5 Å². The lowest BCUT2D eigenvalue weighted by Crippen LogP contribution is -2.50. The minimum Gasteiger partial charge on any atom is -0.486 e. The van der Waals surface area contributed by atoms with Gasteiger partial charge >= 0.3 is 6.03 Å². The average molecular weight is 456 g/mol. The molecule has 1 unspecified atom stereocenters. The highest BCUT2D eigenvalue weighted by molar-refractivity contribution is 6.34. The molecule has 3 amide bonds. The van der Waals surface area contributed by atoms with Gasteiger partial charge in [-0.2, -0.15) is 0 Å². The number of nitrogens with one attached hydrogen (secondary N) is 1. The van der Waals surface area contributed by atoms with E-state index in [4.69, 9.17) is 26.8 Å². The van der Waals surface area contributed by atoms with Crippen LogP contribution in [-0.2, 0) is 5.41 Å². The molecule has 168 valence electrons. The topological polar surface area (TPSA) is 93.9 Å². The first kappa shape index (κ1) is 20.9. The molecule has 8 heteroatoms. The number of hydrogen-bond donors (Lipinski definition) is 2. The molecule has 2 aromatic carbocycles. The first-order valence-electron chi connectivity index (χ1n) is 11.0. The lowest BCUT2D eigenvalue weighted by molar-refractivity contribution is 0.100. The standard InChI is InChI=1S/C24H26ClN3O4/c1-14-16-11-20-21(32-9-8-31-20)12-18(16)24(6-2-3-7-24)13-28(14)23(30)27-15-4-5-19(25)17(10-15)22(26)29/h4-5,10-12,14H,2-3,6-9,13H2,1H3,(H2,26,29)(H,27,30). The van der Waals surface area contributed by atoms with Crippen molar-refractivity contribution in [2.24, 2.45) is 5.73 Å². The molecule has 1 atom stereocenters. The van der Waals surface area contributed by atoms with Crippen LogP contribution < -0.4 is 20.5 Å². The van der Waals surface area contributed by atoms with Gasteiger partial charge in [0.1, 0.15) is 13.2 Å². The predicted molar refractivity (Wildman–Crippen MR) is 122 cm³/mol. The fraction of sp³-hybridized carbons (Fsp3) is 0.417. The van der Waals surface area contributed by atoms with Crippen molar-refractivity contribution in [2.45, 2.75) is 44.1 Å². The molecule has 7 nitrogen and oxygen atoms in total. The second-order valence-corrected chi connectivity index (χ2v) is 9.27. The van der Waals surface area contributed by atoms with Crippen LogP contribution in [0.4, 0.5) is 10.5 Å². The largest absolute Gasteiger partial charge is 0.486 e. The summed E-state index contributed by atoms with van der Waals surface area (Å²) in [5.74, 6) is 0.899. The van der Waals surface area contributed by atoms with Crippen molar-refractivity contribution in [3.63, 3.8) is 0 Å². The lowest BCUT2D eigenvalue weighted by atomic mass is 9.71. The van der Waals surface area contributed by atoms with E-state index in [0.717, 1.165) is 42.7 Å². The number of carbonyl (C=O) groups excluding carboxylic acids is 2. The summed E-state index contributed by atoms with van der Waals surface area (Å²) < 4.78 is 11.7. The van der Waals surface area contributed by atoms with Gasteiger partial charge in [0.25, 0.3) is 0 Å². The van der Waals surface area contributed by atoms with Crippen LogP contribution in [-0.4, -0.2) is 36.6 Å². The number of urea groups is 1. The third-order valence-corrected chi connectivity index (χ3v) is 7.31. The molecule has 5 rings (SSSR count). The normalized spacial score (nSPS) is 20.7. The van der Waals surface area contributed by atoms with Crippen LogP contribution in [0.25, 0.3) is 0 Å². The molecular weight excluding hydrogens is 430 g/mol. The number of hydrogen-bond acceptors (Lipinski definition) is 4. The molecule has 3 aliphatic rings. The third kappa shape index (κ3) is 3.45. The number of nitrogens with two attached hydrogens (primary N) is 1. The van der Waals surface area contributed by atoms with E-state index < -0.39 is 5.91 Å². The highest BCUT2D eigenvalue weighted by atomic mass is 35.5. The number of fused-ring (bicyclic) bond motifs is 3. The van der Waals surface area contributed by atoms with Crippen LogP contribution in [0.15, 0.2) is 30.3 Å². The van der Waals surface area contributed by atoms with Crippen LogP contribution in [0.5, 0.6) is 11.5 Å². The molecular formula is C24H26ClN3O4. The highest BCUT2D eigenvalue weighted by Crippen LogP contribution is 2.52. The molecule has 2 aromatic rings. The Balaban J connectivity index is 1.49. The summed E-state index contributed by atoms with van der Waals surface area (Å²) in [4.78, 5) is 26.9. The first-order chi connectivity index (χ1) is 15.4.